The number of hydrogen-bond donors (Lipinski definition) is 1. The van der Waals surface area contributed by atoms with Gasteiger partial charge < -0.3 is 14.7 Å². The van der Waals surface area contributed by atoms with Crippen molar-refractivity contribution in [3.05, 3.63) is 35.9 Å². The average Bonchev–Trinajstić information content (AvgIpc) is 2.72. The fourth-order valence-corrected chi connectivity index (χ4v) is 2.45. The zero-order valence-corrected chi connectivity index (χ0v) is 11.7. The van der Waals surface area contributed by atoms with Crippen molar-refractivity contribution in [2.45, 2.75) is 25.5 Å². The Kier molecular flexibility index (Phi) is 4.39. The molecule has 1 aliphatic rings. The van der Waals surface area contributed by atoms with Gasteiger partial charge in [-0.2, -0.15) is 0 Å². The molecule has 0 unspecified atom stereocenters. The Morgan fingerprint density at radius 3 is 2.60 bits per heavy atom. The molecule has 0 spiro atoms. The topological polar surface area (TPSA) is 66.8 Å². The van der Waals surface area contributed by atoms with Crippen LogP contribution in [0.5, 0.6) is 0 Å². The first kappa shape index (κ1) is 14.5. The normalized spacial score (nSPS) is 23.8. The molecule has 5 heteroatoms. The molecular weight excluding hydrogens is 258 g/mol. The van der Waals surface area contributed by atoms with Crippen LogP contribution in [0.1, 0.15) is 12.5 Å². The fraction of sp³-hybridized carbons (Fsp3) is 0.467. The monoisotopic (exact) mass is 277 g/mol. The van der Waals surface area contributed by atoms with Gasteiger partial charge in [-0.25, -0.2) is 4.79 Å². The Bertz CT molecular complexity index is 488. The van der Waals surface area contributed by atoms with Crippen molar-refractivity contribution < 1.29 is 19.4 Å². The van der Waals surface area contributed by atoms with Crippen LogP contribution in [0.3, 0.4) is 0 Å². The Morgan fingerprint density at radius 2 is 2.10 bits per heavy atom. The van der Waals surface area contributed by atoms with Gasteiger partial charge in [0.1, 0.15) is 6.04 Å². The highest BCUT2D eigenvalue weighted by Crippen LogP contribution is 2.23. The summed E-state index contributed by atoms with van der Waals surface area (Å²) in [4.78, 5) is 25.5. The van der Waals surface area contributed by atoms with E-state index >= 15 is 0 Å². The maximum Gasteiger partial charge on any atom is 0.328 e. The molecule has 3 atom stereocenters. The minimum Gasteiger partial charge on any atom is -0.467 e. The number of likely N-dealkylation sites (tertiary alicyclic amines) is 1. The van der Waals surface area contributed by atoms with Crippen molar-refractivity contribution in [1.82, 2.24) is 4.90 Å². The number of hydrogen-bond acceptors (Lipinski definition) is 4. The maximum absolute atomic E-state index is 12.1. The van der Waals surface area contributed by atoms with Crippen LogP contribution in [0.2, 0.25) is 0 Å². The molecule has 5 nitrogen and oxygen atoms in total. The van der Waals surface area contributed by atoms with Crippen LogP contribution in [0, 0.1) is 5.92 Å². The minimum absolute atomic E-state index is 0.173. The van der Waals surface area contributed by atoms with Crippen LogP contribution < -0.4 is 0 Å². The van der Waals surface area contributed by atoms with Crippen LogP contribution in [-0.4, -0.2) is 47.7 Å². The molecule has 2 rings (SSSR count). The SMILES string of the molecule is COC(=O)[C@H](Cc1ccccc1)N1C[C@H](O)[C@H](C)C1=O. The smallest absolute Gasteiger partial charge is 0.328 e. The molecule has 1 amide bonds. The van der Waals surface area contributed by atoms with E-state index in [1.807, 2.05) is 30.3 Å². The Balaban J connectivity index is 2.21. The van der Waals surface area contributed by atoms with Crippen molar-refractivity contribution in [2.75, 3.05) is 13.7 Å². The predicted octanol–water partition coefficient (Wildman–Crippen LogP) is 0.610. The number of nitrogens with zero attached hydrogens (tertiary/aromatic N) is 1. The van der Waals surface area contributed by atoms with Crippen LogP contribution in [0.25, 0.3) is 0 Å². The van der Waals surface area contributed by atoms with Gasteiger partial charge in [0.05, 0.1) is 19.1 Å². The highest BCUT2D eigenvalue weighted by molar-refractivity contribution is 5.87. The van der Waals surface area contributed by atoms with Gasteiger partial charge in [0.2, 0.25) is 5.91 Å². The summed E-state index contributed by atoms with van der Waals surface area (Å²) < 4.78 is 4.80. The van der Waals surface area contributed by atoms with Crippen LogP contribution >= 0.6 is 0 Å². The molecule has 0 bridgehead atoms. The van der Waals surface area contributed by atoms with E-state index in [4.69, 9.17) is 4.74 Å². The van der Waals surface area contributed by atoms with Gasteiger partial charge in [-0.05, 0) is 5.56 Å². The van der Waals surface area contributed by atoms with E-state index in [-0.39, 0.29) is 12.5 Å². The quantitative estimate of drug-likeness (QED) is 0.819. The van der Waals surface area contributed by atoms with Gasteiger partial charge in [0, 0.05) is 13.0 Å². The van der Waals surface area contributed by atoms with E-state index in [1.54, 1.807) is 6.92 Å². The van der Waals surface area contributed by atoms with E-state index in [0.717, 1.165) is 5.56 Å². The fourth-order valence-electron chi connectivity index (χ4n) is 2.45. The van der Waals surface area contributed by atoms with Gasteiger partial charge in [-0.3, -0.25) is 4.79 Å². The number of aliphatic hydroxyl groups excluding tert-OH is 1. The molecule has 1 heterocycles. The van der Waals surface area contributed by atoms with Gasteiger partial charge >= 0.3 is 5.97 Å². The first-order chi connectivity index (χ1) is 9.54. The lowest BCUT2D eigenvalue weighted by Crippen LogP contribution is -2.45. The second-order valence-electron chi connectivity index (χ2n) is 5.08. The van der Waals surface area contributed by atoms with E-state index in [9.17, 15) is 14.7 Å². The van der Waals surface area contributed by atoms with Crippen molar-refractivity contribution in [3.8, 4) is 0 Å². The van der Waals surface area contributed by atoms with Crippen LogP contribution in [0.15, 0.2) is 30.3 Å². The number of carbonyl (C=O) groups is 2. The molecule has 1 aliphatic heterocycles. The van der Waals surface area contributed by atoms with Crippen molar-refractivity contribution in [3.63, 3.8) is 0 Å². The Hall–Kier alpha value is -1.88. The highest BCUT2D eigenvalue weighted by atomic mass is 16.5. The molecule has 1 fully saturated rings. The highest BCUT2D eigenvalue weighted by Gasteiger charge is 2.42. The summed E-state index contributed by atoms with van der Waals surface area (Å²) >= 11 is 0. The number of aliphatic hydroxyl groups is 1. The number of carbonyl (C=O) groups excluding carboxylic acids is 2. The first-order valence-electron chi connectivity index (χ1n) is 6.65. The van der Waals surface area contributed by atoms with Gasteiger partial charge in [-0.15, -0.1) is 0 Å². The van der Waals surface area contributed by atoms with E-state index in [1.165, 1.54) is 12.0 Å². The van der Waals surface area contributed by atoms with Gasteiger partial charge in [0.15, 0.2) is 0 Å². The summed E-state index contributed by atoms with van der Waals surface area (Å²) in [6, 6.07) is 8.77. The molecule has 1 saturated heterocycles. The maximum atomic E-state index is 12.1. The lowest BCUT2D eigenvalue weighted by atomic mass is 10.0. The lowest BCUT2D eigenvalue weighted by molar-refractivity contribution is -0.151. The van der Waals surface area contributed by atoms with Crippen molar-refractivity contribution >= 4 is 11.9 Å². The zero-order chi connectivity index (χ0) is 14.7. The Labute approximate surface area is 118 Å². The number of rotatable bonds is 4. The second-order valence-corrected chi connectivity index (χ2v) is 5.08. The molecule has 0 radical (unpaired) electrons. The molecule has 20 heavy (non-hydrogen) atoms. The molecule has 108 valence electrons. The third kappa shape index (κ3) is 2.82. The number of esters is 1. The summed E-state index contributed by atoms with van der Waals surface area (Å²) in [5, 5.41) is 9.79. The summed E-state index contributed by atoms with van der Waals surface area (Å²) in [6.45, 7) is 1.84. The molecule has 0 aliphatic carbocycles. The third-order valence-corrected chi connectivity index (χ3v) is 3.75. The van der Waals surface area contributed by atoms with Crippen molar-refractivity contribution in [1.29, 1.82) is 0 Å². The van der Waals surface area contributed by atoms with Crippen LogP contribution in [-0.2, 0) is 20.7 Å². The zero-order valence-electron chi connectivity index (χ0n) is 11.7. The number of benzene rings is 1. The average molecular weight is 277 g/mol. The van der Waals surface area contributed by atoms with E-state index in [2.05, 4.69) is 0 Å². The molecule has 0 saturated carbocycles. The lowest BCUT2D eigenvalue weighted by Gasteiger charge is -2.25. The largest absolute Gasteiger partial charge is 0.467 e. The van der Waals surface area contributed by atoms with E-state index in [0.29, 0.717) is 6.42 Å². The molecular formula is C15H19NO4. The van der Waals surface area contributed by atoms with Gasteiger partial charge in [-0.1, -0.05) is 37.3 Å². The minimum atomic E-state index is -0.731. The molecule has 1 aromatic rings. The Morgan fingerprint density at radius 1 is 1.45 bits per heavy atom. The second kappa shape index (κ2) is 6.05. The van der Waals surface area contributed by atoms with Crippen LogP contribution in [0.4, 0.5) is 0 Å². The van der Waals surface area contributed by atoms with E-state index < -0.39 is 24.0 Å². The predicted molar refractivity (Wildman–Crippen MR) is 72.8 cm³/mol. The molecule has 1 aromatic carbocycles. The number of methoxy groups -OCH3 is 1. The number of ether oxygens (including phenoxy) is 1. The summed E-state index contributed by atoms with van der Waals surface area (Å²) in [6.07, 6.45) is -0.343. The van der Waals surface area contributed by atoms with Crippen molar-refractivity contribution in [2.24, 2.45) is 5.92 Å². The summed E-state index contributed by atoms with van der Waals surface area (Å²) in [7, 11) is 1.31. The third-order valence-electron chi connectivity index (χ3n) is 3.75. The first-order valence-corrected chi connectivity index (χ1v) is 6.65. The summed E-state index contributed by atoms with van der Waals surface area (Å²) in [5.74, 6) is -1.13. The van der Waals surface area contributed by atoms with Gasteiger partial charge in [0.25, 0.3) is 0 Å². The summed E-state index contributed by atoms with van der Waals surface area (Å²) in [5.41, 5.74) is 0.949. The molecule has 0 aromatic heterocycles. The number of amides is 1. The molecule has 1 N–H and O–H groups in total. The standard InChI is InChI=1S/C15H19NO4/c1-10-13(17)9-16(14(10)18)12(15(19)20-2)8-11-6-4-3-5-7-11/h3-7,10,12-13,17H,8-9H2,1-2H3/t10-,12-,13-/m0/s1. The number of β-amino-alcohol motifs (C(OH)–C–C–N with tert-alkyl or cyclic N) is 1.